The molecule has 1 saturated heterocycles. The number of benzene rings is 1. The number of hydrogen-bond acceptors (Lipinski definition) is 5. The Bertz CT molecular complexity index is 952. The molecule has 0 bridgehead atoms. The van der Waals surface area contributed by atoms with Gasteiger partial charge in [0.05, 0.1) is 28.4 Å². The number of pyridine rings is 1. The van der Waals surface area contributed by atoms with Crippen molar-refractivity contribution >= 4 is 17.0 Å². The summed E-state index contributed by atoms with van der Waals surface area (Å²) < 4.78 is 18.4. The van der Waals surface area contributed by atoms with E-state index in [1.165, 1.54) is 12.1 Å². The van der Waals surface area contributed by atoms with Gasteiger partial charge in [-0.2, -0.15) is 0 Å². The van der Waals surface area contributed by atoms with E-state index in [0.717, 1.165) is 0 Å². The highest BCUT2D eigenvalue weighted by atomic mass is 19.1. The van der Waals surface area contributed by atoms with Gasteiger partial charge in [-0.05, 0) is 43.7 Å². The third-order valence-electron chi connectivity index (χ3n) is 4.44. The maximum atomic E-state index is 13.2. The molecule has 0 aliphatic carbocycles. The highest BCUT2D eigenvalue weighted by Crippen LogP contribution is 2.28. The van der Waals surface area contributed by atoms with Crippen LogP contribution in [0.25, 0.3) is 22.4 Å². The molecule has 25 heavy (non-hydrogen) atoms. The van der Waals surface area contributed by atoms with Gasteiger partial charge >= 0.3 is 0 Å². The molecule has 0 saturated carbocycles. The zero-order valence-electron chi connectivity index (χ0n) is 13.6. The van der Waals surface area contributed by atoms with Crippen molar-refractivity contribution in [2.75, 3.05) is 13.1 Å². The normalized spacial score (nSPS) is 17.4. The van der Waals surface area contributed by atoms with Crippen LogP contribution in [0.3, 0.4) is 0 Å². The van der Waals surface area contributed by atoms with Gasteiger partial charge in [0.15, 0.2) is 0 Å². The zero-order valence-corrected chi connectivity index (χ0v) is 13.6. The van der Waals surface area contributed by atoms with Crippen molar-refractivity contribution in [1.82, 2.24) is 15.0 Å². The van der Waals surface area contributed by atoms with Crippen molar-refractivity contribution in [3.63, 3.8) is 0 Å². The number of halogens is 1. The summed E-state index contributed by atoms with van der Waals surface area (Å²) in [5.41, 5.74) is 2.45. The molecule has 0 radical (unpaired) electrons. The van der Waals surface area contributed by atoms with Crippen LogP contribution in [0.15, 0.2) is 34.9 Å². The molecule has 1 aliphatic rings. The number of β-amino-alcohol motifs (C(OH)–C–C–N with tert-alkyl or cyclic N) is 1. The summed E-state index contributed by atoms with van der Waals surface area (Å²) >= 11 is 0. The van der Waals surface area contributed by atoms with Crippen LogP contribution >= 0.6 is 0 Å². The van der Waals surface area contributed by atoms with Crippen molar-refractivity contribution < 1.29 is 18.8 Å². The van der Waals surface area contributed by atoms with E-state index in [1.807, 2.05) is 0 Å². The molecule has 3 aromatic rings. The summed E-state index contributed by atoms with van der Waals surface area (Å²) in [6.07, 6.45) is 0.0642. The number of rotatable bonds is 2. The fourth-order valence-electron chi connectivity index (χ4n) is 3.13. The molecular weight excluding hydrogens is 325 g/mol. The number of aliphatic hydroxyl groups excluding tert-OH is 1. The first-order valence-electron chi connectivity index (χ1n) is 8.03. The molecule has 2 aromatic heterocycles. The van der Waals surface area contributed by atoms with Gasteiger partial charge in [0.1, 0.15) is 5.82 Å². The van der Waals surface area contributed by atoms with Gasteiger partial charge in [0, 0.05) is 18.7 Å². The molecular formula is C18H16FN3O3. The molecule has 0 spiro atoms. The second-order valence-corrected chi connectivity index (χ2v) is 6.20. The van der Waals surface area contributed by atoms with Crippen molar-refractivity contribution in [1.29, 1.82) is 0 Å². The highest BCUT2D eigenvalue weighted by Gasteiger charge is 2.28. The van der Waals surface area contributed by atoms with Gasteiger partial charge in [0.2, 0.25) is 0 Å². The average Bonchev–Trinajstić information content (AvgIpc) is 3.20. The fourth-order valence-corrected chi connectivity index (χ4v) is 3.13. The number of aryl methyl sites for hydroxylation is 1. The van der Waals surface area contributed by atoms with E-state index in [4.69, 9.17) is 4.52 Å². The van der Waals surface area contributed by atoms with Gasteiger partial charge in [-0.1, -0.05) is 5.16 Å². The monoisotopic (exact) mass is 341 g/mol. The van der Waals surface area contributed by atoms with Crippen LogP contribution in [0.5, 0.6) is 0 Å². The first kappa shape index (κ1) is 15.7. The molecule has 1 aliphatic heterocycles. The number of carbonyl (C=O) groups excluding carboxylic acids is 1. The quantitative estimate of drug-likeness (QED) is 0.775. The average molecular weight is 341 g/mol. The Morgan fingerprint density at radius 3 is 2.80 bits per heavy atom. The lowest BCUT2D eigenvalue weighted by Crippen LogP contribution is -2.29. The minimum atomic E-state index is -0.499. The van der Waals surface area contributed by atoms with Crippen molar-refractivity contribution in [3.8, 4) is 11.3 Å². The molecule has 1 atom stereocenters. The Balaban J connectivity index is 1.85. The number of aliphatic hydroxyl groups is 1. The lowest BCUT2D eigenvalue weighted by molar-refractivity contribution is 0.0767. The van der Waals surface area contributed by atoms with Gasteiger partial charge in [-0.15, -0.1) is 0 Å². The largest absolute Gasteiger partial charge is 0.391 e. The number of amides is 1. The minimum Gasteiger partial charge on any atom is -0.391 e. The van der Waals surface area contributed by atoms with Gasteiger partial charge in [0.25, 0.3) is 11.6 Å². The Morgan fingerprint density at radius 1 is 1.36 bits per heavy atom. The summed E-state index contributed by atoms with van der Waals surface area (Å²) in [7, 11) is 0. The maximum absolute atomic E-state index is 13.2. The van der Waals surface area contributed by atoms with Crippen LogP contribution in [0.2, 0.25) is 0 Å². The molecule has 4 rings (SSSR count). The number of likely N-dealkylation sites (tertiary alicyclic amines) is 1. The lowest BCUT2D eigenvalue weighted by Gasteiger charge is -2.16. The van der Waals surface area contributed by atoms with E-state index in [1.54, 1.807) is 30.0 Å². The molecule has 1 amide bonds. The smallest absolute Gasteiger partial charge is 0.259 e. The SMILES string of the molecule is Cc1noc2nc(-c3ccc(F)cc3)cc(C(=O)N3CC[C@H](O)C3)c12. The Hall–Kier alpha value is -2.80. The minimum absolute atomic E-state index is 0.196. The molecule has 3 heterocycles. The van der Waals surface area contributed by atoms with Crippen LogP contribution in [0, 0.1) is 12.7 Å². The highest BCUT2D eigenvalue weighted by molar-refractivity contribution is 6.07. The number of nitrogens with zero attached hydrogens (tertiary/aromatic N) is 3. The number of hydrogen-bond donors (Lipinski definition) is 1. The topological polar surface area (TPSA) is 79.5 Å². The Kier molecular flexibility index (Phi) is 3.73. The second kappa shape index (κ2) is 5.93. The van der Waals surface area contributed by atoms with Gasteiger partial charge < -0.3 is 14.5 Å². The molecule has 1 N–H and O–H groups in total. The predicted octanol–water partition coefficient (Wildman–Crippen LogP) is 2.54. The van der Waals surface area contributed by atoms with E-state index in [0.29, 0.717) is 47.4 Å². The third-order valence-corrected chi connectivity index (χ3v) is 4.44. The summed E-state index contributed by atoms with van der Waals surface area (Å²) in [5, 5.41) is 14.2. The molecule has 1 fully saturated rings. The number of aromatic nitrogens is 2. The maximum Gasteiger partial charge on any atom is 0.259 e. The second-order valence-electron chi connectivity index (χ2n) is 6.20. The van der Waals surface area contributed by atoms with E-state index < -0.39 is 6.10 Å². The Labute approximate surface area is 142 Å². The van der Waals surface area contributed by atoms with Crippen LogP contribution in [0.1, 0.15) is 22.5 Å². The van der Waals surface area contributed by atoms with Gasteiger partial charge in [-0.3, -0.25) is 4.79 Å². The zero-order chi connectivity index (χ0) is 17.6. The van der Waals surface area contributed by atoms with Crippen molar-refractivity contribution in [3.05, 3.63) is 47.4 Å². The first-order chi connectivity index (χ1) is 12.0. The molecule has 6 nitrogen and oxygen atoms in total. The number of carbonyl (C=O) groups is 1. The van der Waals surface area contributed by atoms with Crippen LogP contribution < -0.4 is 0 Å². The van der Waals surface area contributed by atoms with Crippen LogP contribution in [0.4, 0.5) is 4.39 Å². The summed E-state index contributed by atoms with van der Waals surface area (Å²) in [4.78, 5) is 19.0. The van der Waals surface area contributed by atoms with Crippen molar-refractivity contribution in [2.45, 2.75) is 19.4 Å². The summed E-state index contributed by atoms with van der Waals surface area (Å²) in [6.45, 7) is 2.56. The van der Waals surface area contributed by atoms with Crippen LogP contribution in [-0.2, 0) is 0 Å². The third kappa shape index (κ3) is 2.76. The summed E-state index contributed by atoms with van der Waals surface area (Å²) in [6, 6.07) is 7.55. The molecule has 128 valence electrons. The fraction of sp³-hybridized carbons (Fsp3) is 0.278. The van der Waals surface area contributed by atoms with E-state index >= 15 is 0 Å². The van der Waals surface area contributed by atoms with E-state index in [-0.39, 0.29) is 17.4 Å². The number of fused-ring (bicyclic) bond motifs is 1. The Morgan fingerprint density at radius 2 is 2.12 bits per heavy atom. The van der Waals surface area contributed by atoms with E-state index in [2.05, 4.69) is 10.1 Å². The lowest BCUT2D eigenvalue weighted by atomic mass is 10.0. The predicted molar refractivity (Wildman–Crippen MR) is 88.5 cm³/mol. The first-order valence-corrected chi connectivity index (χ1v) is 8.03. The van der Waals surface area contributed by atoms with Gasteiger partial charge in [-0.25, -0.2) is 9.37 Å². The standard InChI is InChI=1S/C18H16FN3O3/c1-10-16-14(18(24)22-7-6-13(23)9-22)8-15(20-17(16)25-21-10)11-2-4-12(19)5-3-11/h2-5,8,13,23H,6-7,9H2,1H3/t13-/m0/s1. The molecule has 7 heteroatoms. The van der Waals surface area contributed by atoms with E-state index in [9.17, 15) is 14.3 Å². The summed E-state index contributed by atoms with van der Waals surface area (Å²) in [5.74, 6) is -0.540. The van der Waals surface area contributed by atoms with Crippen LogP contribution in [-0.4, -0.2) is 45.2 Å². The molecule has 0 unspecified atom stereocenters. The molecule has 1 aromatic carbocycles. The van der Waals surface area contributed by atoms with Crippen molar-refractivity contribution in [2.24, 2.45) is 0 Å².